The standard InChI is InChI=1S/C18H25/c1-4-7-8-9-12-16-13-14-17(10-5-2)18(15-16)11-6-3/h5-6,13-15H,1-4,7-12H2. The highest BCUT2D eigenvalue weighted by Gasteiger charge is 2.02. The minimum Gasteiger partial charge on any atom is -0.103 e. The first kappa shape index (κ1) is 14.8. The van der Waals surface area contributed by atoms with E-state index in [-0.39, 0.29) is 0 Å². The molecule has 0 aliphatic rings. The molecule has 1 aromatic rings. The van der Waals surface area contributed by atoms with Crippen LogP contribution in [0.25, 0.3) is 0 Å². The van der Waals surface area contributed by atoms with Crippen molar-refractivity contribution in [3.63, 3.8) is 0 Å². The maximum Gasteiger partial charge on any atom is -0.00972 e. The minimum atomic E-state index is 0.949. The second kappa shape index (κ2) is 8.74. The van der Waals surface area contributed by atoms with E-state index in [9.17, 15) is 0 Å². The Morgan fingerprint density at radius 2 is 1.61 bits per heavy atom. The van der Waals surface area contributed by atoms with Crippen molar-refractivity contribution in [1.29, 1.82) is 0 Å². The second-order valence-corrected chi connectivity index (χ2v) is 4.75. The number of hydrogen-bond donors (Lipinski definition) is 0. The maximum atomic E-state index is 3.88. The smallest absolute Gasteiger partial charge is 0.00972 e. The summed E-state index contributed by atoms with van der Waals surface area (Å²) in [5.74, 6) is 0. The van der Waals surface area contributed by atoms with Crippen molar-refractivity contribution < 1.29 is 0 Å². The normalized spacial score (nSPS) is 10.3. The molecule has 0 aliphatic heterocycles. The van der Waals surface area contributed by atoms with Gasteiger partial charge in [-0.25, -0.2) is 0 Å². The molecule has 1 aromatic carbocycles. The van der Waals surface area contributed by atoms with Gasteiger partial charge >= 0.3 is 0 Å². The molecule has 0 aliphatic carbocycles. The fourth-order valence-corrected chi connectivity index (χ4v) is 2.22. The number of hydrogen-bond acceptors (Lipinski definition) is 0. The van der Waals surface area contributed by atoms with E-state index >= 15 is 0 Å². The molecule has 0 saturated carbocycles. The van der Waals surface area contributed by atoms with E-state index in [4.69, 9.17) is 0 Å². The van der Waals surface area contributed by atoms with Crippen LogP contribution in [0.2, 0.25) is 0 Å². The summed E-state index contributed by atoms with van der Waals surface area (Å²) in [6, 6.07) is 6.84. The van der Waals surface area contributed by atoms with Gasteiger partial charge in [0.2, 0.25) is 0 Å². The summed E-state index contributed by atoms with van der Waals surface area (Å²) in [5, 5.41) is 0. The Labute approximate surface area is 112 Å². The molecule has 0 aromatic heterocycles. The molecule has 1 rings (SSSR count). The van der Waals surface area contributed by atoms with Gasteiger partial charge < -0.3 is 0 Å². The lowest BCUT2D eigenvalue weighted by Gasteiger charge is -2.09. The molecule has 0 heterocycles. The minimum absolute atomic E-state index is 0.949. The number of allylic oxidation sites excluding steroid dienone is 2. The highest BCUT2D eigenvalue weighted by atomic mass is 14.1. The lowest BCUT2D eigenvalue weighted by atomic mass is 9.96. The van der Waals surface area contributed by atoms with Crippen molar-refractivity contribution >= 4 is 0 Å². The van der Waals surface area contributed by atoms with Crippen LogP contribution in [0.4, 0.5) is 0 Å². The van der Waals surface area contributed by atoms with Crippen molar-refractivity contribution in [3.8, 4) is 0 Å². The van der Waals surface area contributed by atoms with E-state index in [0.717, 1.165) is 19.3 Å². The van der Waals surface area contributed by atoms with Crippen LogP contribution in [0.5, 0.6) is 0 Å². The lowest BCUT2D eigenvalue weighted by molar-refractivity contribution is 0.685. The molecular weight excluding hydrogens is 216 g/mol. The highest BCUT2D eigenvalue weighted by molar-refractivity contribution is 5.34. The monoisotopic (exact) mass is 241 g/mol. The summed E-state index contributed by atoms with van der Waals surface area (Å²) in [5.41, 5.74) is 4.23. The van der Waals surface area contributed by atoms with Gasteiger partial charge in [-0.3, -0.25) is 0 Å². The molecule has 1 radical (unpaired) electrons. The van der Waals surface area contributed by atoms with Crippen LogP contribution >= 0.6 is 0 Å². The van der Waals surface area contributed by atoms with Gasteiger partial charge in [-0.2, -0.15) is 0 Å². The van der Waals surface area contributed by atoms with Crippen LogP contribution < -0.4 is 0 Å². The SMILES string of the molecule is [CH2]CCCCCc1ccc(CC=C)c(CC=C)c1. The van der Waals surface area contributed by atoms with Gasteiger partial charge in [0, 0.05) is 0 Å². The number of aryl methyl sites for hydroxylation is 1. The third-order valence-electron chi connectivity index (χ3n) is 3.21. The van der Waals surface area contributed by atoms with Crippen molar-refractivity contribution in [2.75, 3.05) is 0 Å². The first-order valence-corrected chi connectivity index (χ1v) is 6.93. The van der Waals surface area contributed by atoms with E-state index in [1.807, 2.05) is 12.2 Å². The zero-order valence-corrected chi connectivity index (χ0v) is 11.5. The number of unbranched alkanes of at least 4 members (excludes halogenated alkanes) is 3. The zero-order valence-electron chi connectivity index (χ0n) is 11.5. The molecule has 0 amide bonds. The van der Waals surface area contributed by atoms with Gasteiger partial charge in [0.05, 0.1) is 0 Å². The van der Waals surface area contributed by atoms with Crippen LogP contribution in [-0.4, -0.2) is 0 Å². The molecule has 18 heavy (non-hydrogen) atoms. The first-order chi connectivity index (χ1) is 8.81. The largest absolute Gasteiger partial charge is 0.103 e. The average Bonchev–Trinajstić information content (AvgIpc) is 2.38. The third-order valence-corrected chi connectivity index (χ3v) is 3.21. The Bertz CT molecular complexity index is 374. The molecule has 0 unspecified atom stereocenters. The molecular formula is C18H25. The van der Waals surface area contributed by atoms with E-state index in [0.29, 0.717) is 0 Å². The van der Waals surface area contributed by atoms with Gasteiger partial charge in [0.15, 0.2) is 0 Å². The van der Waals surface area contributed by atoms with Gasteiger partial charge in [0.25, 0.3) is 0 Å². The maximum absolute atomic E-state index is 3.88. The van der Waals surface area contributed by atoms with Gasteiger partial charge in [-0.15, -0.1) is 13.2 Å². The quantitative estimate of drug-likeness (QED) is 0.418. The van der Waals surface area contributed by atoms with Gasteiger partial charge in [0.1, 0.15) is 0 Å². The van der Waals surface area contributed by atoms with Crippen LogP contribution in [0.1, 0.15) is 42.4 Å². The molecule has 0 bridgehead atoms. The van der Waals surface area contributed by atoms with E-state index in [1.165, 1.54) is 42.4 Å². The third kappa shape index (κ3) is 4.91. The van der Waals surface area contributed by atoms with Crippen LogP contribution in [-0.2, 0) is 19.3 Å². The van der Waals surface area contributed by atoms with Crippen molar-refractivity contribution in [2.24, 2.45) is 0 Å². The van der Waals surface area contributed by atoms with Crippen LogP contribution in [0, 0.1) is 6.92 Å². The Kier molecular flexibility index (Phi) is 7.17. The average molecular weight is 241 g/mol. The highest BCUT2D eigenvalue weighted by Crippen LogP contribution is 2.16. The van der Waals surface area contributed by atoms with E-state index in [2.05, 4.69) is 38.3 Å². The Morgan fingerprint density at radius 1 is 0.889 bits per heavy atom. The molecule has 0 saturated heterocycles. The number of benzene rings is 1. The summed E-state index contributed by atoms with van der Waals surface area (Å²) in [6.45, 7) is 11.5. The Morgan fingerprint density at radius 3 is 2.28 bits per heavy atom. The van der Waals surface area contributed by atoms with Crippen LogP contribution in [0.3, 0.4) is 0 Å². The van der Waals surface area contributed by atoms with Gasteiger partial charge in [-0.05, 0) is 42.4 Å². The topological polar surface area (TPSA) is 0 Å². The van der Waals surface area contributed by atoms with E-state index < -0.39 is 0 Å². The fraction of sp³-hybridized carbons (Fsp3) is 0.389. The zero-order chi connectivity index (χ0) is 13.2. The Hall–Kier alpha value is -1.30. The molecule has 0 fully saturated rings. The fourth-order valence-electron chi connectivity index (χ4n) is 2.22. The van der Waals surface area contributed by atoms with Crippen molar-refractivity contribution in [2.45, 2.75) is 44.9 Å². The molecule has 0 nitrogen and oxygen atoms in total. The molecule has 0 N–H and O–H groups in total. The summed E-state index contributed by atoms with van der Waals surface area (Å²) in [4.78, 5) is 0. The van der Waals surface area contributed by atoms with Gasteiger partial charge in [-0.1, -0.05) is 56.5 Å². The summed E-state index contributed by atoms with van der Waals surface area (Å²) >= 11 is 0. The lowest BCUT2D eigenvalue weighted by Crippen LogP contribution is -1.95. The summed E-state index contributed by atoms with van der Waals surface area (Å²) in [7, 11) is 0. The second-order valence-electron chi connectivity index (χ2n) is 4.75. The molecule has 97 valence electrons. The molecule has 0 spiro atoms. The summed E-state index contributed by atoms with van der Waals surface area (Å²) < 4.78 is 0. The predicted octanol–water partition coefficient (Wildman–Crippen LogP) is 5.08. The molecule has 0 atom stereocenters. The van der Waals surface area contributed by atoms with Crippen molar-refractivity contribution in [3.05, 3.63) is 67.1 Å². The predicted molar refractivity (Wildman–Crippen MR) is 81.8 cm³/mol. The van der Waals surface area contributed by atoms with Crippen molar-refractivity contribution in [1.82, 2.24) is 0 Å². The Balaban J connectivity index is 2.66. The molecule has 0 heteroatoms. The number of rotatable bonds is 9. The van der Waals surface area contributed by atoms with E-state index in [1.54, 1.807) is 0 Å². The first-order valence-electron chi connectivity index (χ1n) is 6.93. The van der Waals surface area contributed by atoms with Crippen LogP contribution in [0.15, 0.2) is 43.5 Å². The summed E-state index contributed by atoms with van der Waals surface area (Å²) in [6.07, 6.45) is 11.9.